The molecule has 1 fully saturated rings. The highest BCUT2D eigenvalue weighted by molar-refractivity contribution is 5.95. The molecule has 0 spiro atoms. The van der Waals surface area contributed by atoms with Gasteiger partial charge >= 0.3 is 0 Å². The van der Waals surface area contributed by atoms with Crippen molar-refractivity contribution in [2.24, 2.45) is 5.73 Å². The molecular formula is C17H29N5O. The van der Waals surface area contributed by atoms with Crippen molar-refractivity contribution in [3.05, 3.63) is 23.4 Å². The lowest BCUT2D eigenvalue weighted by atomic mass is 10.1. The van der Waals surface area contributed by atoms with E-state index < -0.39 is 0 Å². The van der Waals surface area contributed by atoms with E-state index in [-0.39, 0.29) is 11.9 Å². The van der Waals surface area contributed by atoms with Crippen molar-refractivity contribution >= 4 is 11.7 Å². The zero-order valence-electron chi connectivity index (χ0n) is 14.7. The molecule has 1 amide bonds. The van der Waals surface area contributed by atoms with E-state index >= 15 is 0 Å². The Hall–Kier alpha value is -1.66. The SMILES string of the molecule is CCN(CC)[C@@H](C)CNC(=O)c1cc(C)nc(N2CC(N)C2)c1. The fourth-order valence-electron chi connectivity index (χ4n) is 2.96. The molecule has 23 heavy (non-hydrogen) atoms. The Morgan fingerprint density at radius 3 is 2.65 bits per heavy atom. The average Bonchev–Trinajstić information content (AvgIpc) is 2.50. The predicted molar refractivity (Wildman–Crippen MR) is 93.9 cm³/mol. The molecule has 6 nitrogen and oxygen atoms in total. The van der Waals surface area contributed by atoms with Crippen LogP contribution in [-0.2, 0) is 0 Å². The molecule has 2 rings (SSSR count). The van der Waals surface area contributed by atoms with Gasteiger partial charge in [-0.3, -0.25) is 9.69 Å². The molecule has 0 saturated carbocycles. The van der Waals surface area contributed by atoms with Crippen LogP contribution < -0.4 is 16.0 Å². The molecule has 1 aliphatic rings. The molecule has 128 valence electrons. The maximum Gasteiger partial charge on any atom is 0.251 e. The lowest BCUT2D eigenvalue weighted by molar-refractivity contribution is 0.0938. The zero-order chi connectivity index (χ0) is 17.0. The molecule has 0 bridgehead atoms. The molecule has 1 saturated heterocycles. The van der Waals surface area contributed by atoms with Crippen LogP contribution in [0.2, 0.25) is 0 Å². The molecule has 0 unspecified atom stereocenters. The number of carbonyl (C=O) groups excluding carboxylic acids is 1. The Kier molecular flexibility index (Phi) is 5.96. The van der Waals surface area contributed by atoms with Crippen molar-refractivity contribution in [1.29, 1.82) is 0 Å². The summed E-state index contributed by atoms with van der Waals surface area (Å²) in [7, 11) is 0. The fraction of sp³-hybridized carbons (Fsp3) is 0.647. The number of hydrogen-bond donors (Lipinski definition) is 2. The van der Waals surface area contributed by atoms with Crippen LogP contribution in [0.25, 0.3) is 0 Å². The van der Waals surface area contributed by atoms with Crippen LogP contribution in [0.1, 0.15) is 36.8 Å². The third kappa shape index (κ3) is 4.42. The Morgan fingerprint density at radius 2 is 2.09 bits per heavy atom. The summed E-state index contributed by atoms with van der Waals surface area (Å²) in [5.41, 5.74) is 7.34. The number of nitrogens with one attached hydrogen (secondary N) is 1. The summed E-state index contributed by atoms with van der Waals surface area (Å²) in [5, 5.41) is 3.03. The first-order valence-electron chi connectivity index (χ1n) is 8.46. The number of pyridine rings is 1. The van der Waals surface area contributed by atoms with Crippen LogP contribution in [0.3, 0.4) is 0 Å². The maximum atomic E-state index is 12.4. The van der Waals surface area contributed by atoms with Crippen LogP contribution in [0.4, 0.5) is 5.82 Å². The molecule has 1 atom stereocenters. The first-order valence-corrected chi connectivity index (χ1v) is 8.46. The molecule has 0 radical (unpaired) electrons. The minimum atomic E-state index is -0.0411. The first-order chi connectivity index (χ1) is 10.9. The highest BCUT2D eigenvalue weighted by atomic mass is 16.1. The van der Waals surface area contributed by atoms with Gasteiger partial charge in [0.15, 0.2) is 0 Å². The first kappa shape index (κ1) is 17.7. The zero-order valence-corrected chi connectivity index (χ0v) is 14.7. The summed E-state index contributed by atoms with van der Waals surface area (Å²) >= 11 is 0. The number of carbonyl (C=O) groups is 1. The Bertz CT molecular complexity index is 538. The van der Waals surface area contributed by atoms with Gasteiger partial charge in [-0.25, -0.2) is 4.98 Å². The van der Waals surface area contributed by atoms with E-state index in [9.17, 15) is 4.79 Å². The molecule has 0 aliphatic carbocycles. The van der Waals surface area contributed by atoms with Gasteiger partial charge in [-0.2, -0.15) is 0 Å². The van der Waals surface area contributed by atoms with Crippen LogP contribution >= 0.6 is 0 Å². The monoisotopic (exact) mass is 319 g/mol. The van der Waals surface area contributed by atoms with Gasteiger partial charge < -0.3 is 16.0 Å². The van der Waals surface area contributed by atoms with Crippen molar-refractivity contribution in [2.75, 3.05) is 37.6 Å². The largest absolute Gasteiger partial charge is 0.353 e. The summed E-state index contributed by atoms with van der Waals surface area (Å²) in [6.45, 7) is 12.5. The lowest BCUT2D eigenvalue weighted by Crippen LogP contribution is -2.56. The van der Waals surface area contributed by atoms with E-state index in [0.717, 1.165) is 37.7 Å². The molecular weight excluding hydrogens is 290 g/mol. The number of nitrogens with zero attached hydrogens (tertiary/aromatic N) is 3. The second-order valence-electron chi connectivity index (χ2n) is 6.30. The number of aromatic nitrogens is 1. The van der Waals surface area contributed by atoms with E-state index in [4.69, 9.17) is 5.73 Å². The standard InChI is InChI=1S/C17H29N5O/c1-5-21(6-2)13(4)9-19-17(23)14-7-12(3)20-16(8-14)22-10-15(18)11-22/h7-8,13,15H,5-6,9-11,18H2,1-4H3,(H,19,23)/t13-/m0/s1. The predicted octanol–water partition coefficient (Wildman–Crippen LogP) is 0.997. The summed E-state index contributed by atoms with van der Waals surface area (Å²) in [4.78, 5) is 21.4. The molecule has 0 aromatic carbocycles. The summed E-state index contributed by atoms with van der Waals surface area (Å²) in [6.07, 6.45) is 0. The number of likely N-dealkylation sites (N-methyl/N-ethyl adjacent to an activating group) is 1. The second-order valence-corrected chi connectivity index (χ2v) is 6.30. The van der Waals surface area contributed by atoms with Gasteiger partial charge in [0.25, 0.3) is 5.91 Å². The fourth-order valence-corrected chi connectivity index (χ4v) is 2.96. The van der Waals surface area contributed by atoms with Gasteiger partial charge in [0, 0.05) is 43.0 Å². The Labute approximate surface area is 139 Å². The topological polar surface area (TPSA) is 74.5 Å². The number of anilines is 1. The van der Waals surface area contributed by atoms with Gasteiger partial charge in [0.1, 0.15) is 5.82 Å². The summed E-state index contributed by atoms with van der Waals surface area (Å²) in [6, 6.07) is 4.23. The Morgan fingerprint density at radius 1 is 1.43 bits per heavy atom. The quantitative estimate of drug-likeness (QED) is 0.784. The van der Waals surface area contributed by atoms with Gasteiger partial charge in [-0.05, 0) is 39.1 Å². The van der Waals surface area contributed by atoms with Crippen molar-refractivity contribution in [2.45, 2.75) is 39.8 Å². The molecule has 1 aromatic heterocycles. The maximum absolute atomic E-state index is 12.4. The number of rotatable bonds is 7. The number of amides is 1. The van der Waals surface area contributed by atoms with E-state index in [2.05, 4.69) is 40.9 Å². The van der Waals surface area contributed by atoms with Gasteiger partial charge in [-0.1, -0.05) is 13.8 Å². The van der Waals surface area contributed by atoms with Crippen LogP contribution in [0.5, 0.6) is 0 Å². The summed E-state index contributed by atoms with van der Waals surface area (Å²) < 4.78 is 0. The molecule has 1 aromatic rings. The minimum absolute atomic E-state index is 0.0411. The van der Waals surface area contributed by atoms with E-state index in [1.54, 1.807) is 0 Å². The van der Waals surface area contributed by atoms with Crippen molar-refractivity contribution in [3.63, 3.8) is 0 Å². The van der Waals surface area contributed by atoms with Crippen LogP contribution in [-0.4, -0.2) is 60.6 Å². The molecule has 1 aliphatic heterocycles. The van der Waals surface area contributed by atoms with E-state index in [1.165, 1.54) is 0 Å². The summed E-state index contributed by atoms with van der Waals surface area (Å²) in [5.74, 6) is 0.800. The van der Waals surface area contributed by atoms with Crippen molar-refractivity contribution in [3.8, 4) is 0 Å². The number of hydrogen-bond acceptors (Lipinski definition) is 5. The minimum Gasteiger partial charge on any atom is -0.353 e. The lowest BCUT2D eigenvalue weighted by Gasteiger charge is -2.38. The van der Waals surface area contributed by atoms with Crippen LogP contribution in [0, 0.1) is 6.92 Å². The van der Waals surface area contributed by atoms with Crippen molar-refractivity contribution < 1.29 is 4.79 Å². The highest BCUT2D eigenvalue weighted by Crippen LogP contribution is 2.20. The third-order valence-electron chi connectivity index (χ3n) is 4.43. The van der Waals surface area contributed by atoms with Gasteiger partial charge in [-0.15, -0.1) is 0 Å². The number of nitrogens with two attached hydrogens (primary N) is 1. The second kappa shape index (κ2) is 7.75. The average molecular weight is 319 g/mol. The normalized spacial score (nSPS) is 16.3. The number of aryl methyl sites for hydroxylation is 1. The van der Waals surface area contributed by atoms with Crippen molar-refractivity contribution in [1.82, 2.24) is 15.2 Å². The Balaban J connectivity index is 1.99. The van der Waals surface area contributed by atoms with E-state index in [1.807, 2.05) is 19.1 Å². The van der Waals surface area contributed by atoms with Gasteiger partial charge in [0.2, 0.25) is 0 Å². The molecule has 6 heteroatoms. The van der Waals surface area contributed by atoms with Crippen LogP contribution in [0.15, 0.2) is 12.1 Å². The van der Waals surface area contributed by atoms with Gasteiger partial charge in [0.05, 0.1) is 0 Å². The smallest absolute Gasteiger partial charge is 0.251 e. The molecule has 3 N–H and O–H groups in total. The van der Waals surface area contributed by atoms with E-state index in [0.29, 0.717) is 18.2 Å². The highest BCUT2D eigenvalue weighted by Gasteiger charge is 2.25. The molecule has 2 heterocycles. The third-order valence-corrected chi connectivity index (χ3v) is 4.43.